The summed E-state index contributed by atoms with van der Waals surface area (Å²) in [4.78, 5) is 16.8. The summed E-state index contributed by atoms with van der Waals surface area (Å²) in [5, 5.41) is 18.0. The zero-order valence-corrected chi connectivity index (χ0v) is 20.7. The summed E-state index contributed by atoms with van der Waals surface area (Å²) in [6.45, 7) is 7.09. The van der Waals surface area contributed by atoms with Crippen molar-refractivity contribution in [3.05, 3.63) is 41.5 Å². The van der Waals surface area contributed by atoms with Crippen molar-refractivity contribution in [2.24, 2.45) is 12.0 Å². The highest BCUT2D eigenvalue weighted by molar-refractivity contribution is 14.0. The van der Waals surface area contributed by atoms with Crippen molar-refractivity contribution < 1.29 is 9.53 Å². The molecule has 9 nitrogen and oxygen atoms in total. The number of carbonyl (C=O) groups is 1. The number of amides is 1. The van der Waals surface area contributed by atoms with Crippen LogP contribution in [0.4, 0.5) is 5.69 Å². The van der Waals surface area contributed by atoms with E-state index in [1.54, 1.807) is 0 Å². The molecule has 0 fully saturated rings. The third-order valence-electron chi connectivity index (χ3n) is 5.15. The van der Waals surface area contributed by atoms with E-state index in [0.29, 0.717) is 38.7 Å². The fourth-order valence-corrected chi connectivity index (χ4v) is 3.34. The highest BCUT2D eigenvalue weighted by atomic mass is 127. The number of fused-ring (bicyclic) bond motifs is 1. The van der Waals surface area contributed by atoms with Crippen molar-refractivity contribution >= 4 is 41.5 Å². The zero-order valence-electron chi connectivity index (χ0n) is 18.4. The standard InChI is InChI=1S/C21H31N7O2.HI/c1-4-30-11-7-10-22-21(24-14-19-27-26-15(2)28(19)3)23-13-16-12-20(29)25-18-9-6-5-8-17(16)18;/h5-6,8-9,16H,4,7,10-14H2,1-3H3,(H,25,29)(H2,22,23,24);1H. The molecule has 3 N–H and O–H groups in total. The lowest BCUT2D eigenvalue weighted by Gasteiger charge is -2.26. The van der Waals surface area contributed by atoms with E-state index in [9.17, 15) is 4.79 Å². The monoisotopic (exact) mass is 541 g/mol. The Bertz CT molecular complexity index is 884. The predicted molar refractivity (Wildman–Crippen MR) is 132 cm³/mol. The number of ether oxygens (including phenoxy) is 1. The molecule has 10 heteroatoms. The van der Waals surface area contributed by atoms with Crippen molar-refractivity contribution in [2.75, 3.05) is 31.6 Å². The molecule has 3 rings (SSSR count). The van der Waals surface area contributed by atoms with Crippen molar-refractivity contribution in [3.63, 3.8) is 0 Å². The fourth-order valence-electron chi connectivity index (χ4n) is 3.34. The molecule has 0 saturated heterocycles. The summed E-state index contributed by atoms with van der Waals surface area (Å²) in [7, 11) is 1.93. The number of aliphatic imine (C=N–C) groups is 1. The Kier molecular flexibility index (Phi) is 10.2. The van der Waals surface area contributed by atoms with Crippen LogP contribution in [-0.4, -0.2) is 52.9 Å². The first kappa shape index (κ1) is 25.1. The number of nitrogens with zero attached hydrogens (tertiary/aromatic N) is 4. The van der Waals surface area contributed by atoms with E-state index in [-0.39, 0.29) is 35.8 Å². The number of guanidine groups is 1. The smallest absolute Gasteiger partial charge is 0.225 e. The maximum atomic E-state index is 12.1. The Morgan fingerprint density at radius 1 is 1.32 bits per heavy atom. The molecule has 1 aromatic heterocycles. The van der Waals surface area contributed by atoms with Gasteiger partial charge in [0.25, 0.3) is 0 Å². The third kappa shape index (κ3) is 7.17. The molecule has 1 aromatic carbocycles. The first-order valence-electron chi connectivity index (χ1n) is 10.4. The van der Waals surface area contributed by atoms with Crippen LogP contribution < -0.4 is 16.0 Å². The molecule has 1 amide bonds. The zero-order chi connectivity index (χ0) is 21.3. The van der Waals surface area contributed by atoms with Crippen LogP contribution in [0.2, 0.25) is 0 Å². The number of anilines is 1. The molecule has 2 aromatic rings. The third-order valence-corrected chi connectivity index (χ3v) is 5.15. The SMILES string of the molecule is CCOCCCNC(=NCc1nnc(C)n1C)NCC1CC(=O)Nc2ccccc21.I. The van der Waals surface area contributed by atoms with Crippen LogP contribution in [0.1, 0.15) is 42.9 Å². The summed E-state index contributed by atoms with van der Waals surface area (Å²) in [5.41, 5.74) is 2.03. The van der Waals surface area contributed by atoms with Crippen molar-refractivity contribution in [3.8, 4) is 0 Å². The molecular weight excluding hydrogens is 509 g/mol. The summed E-state index contributed by atoms with van der Waals surface area (Å²) in [5.74, 6) is 2.46. The van der Waals surface area contributed by atoms with Crippen LogP contribution in [0.3, 0.4) is 0 Å². The second-order valence-electron chi connectivity index (χ2n) is 7.28. The molecule has 1 atom stereocenters. The Hall–Kier alpha value is -2.21. The van der Waals surface area contributed by atoms with Gasteiger partial charge in [0, 0.05) is 51.4 Å². The maximum Gasteiger partial charge on any atom is 0.225 e. The lowest BCUT2D eigenvalue weighted by atomic mass is 9.90. The van der Waals surface area contributed by atoms with Gasteiger partial charge in [-0.2, -0.15) is 0 Å². The number of hydrogen-bond acceptors (Lipinski definition) is 5. The Balaban J connectivity index is 0.00000341. The van der Waals surface area contributed by atoms with Gasteiger partial charge < -0.3 is 25.3 Å². The molecule has 0 spiro atoms. The fraction of sp³-hybridized carbons (Fsp3) is 0.524. The van der Waals surface area contributed by atoms with Gasteiger partial charge in [0.15, 0.2) is 11.8 Å². The molecule has 31 heavy (non-hydrogen) atoms. The Morgan fingerprint density at radius 2 is 2.13 bits per heavy atom. The molecule has 2 heterocycles. The van der Waals surface area contributed by atoms with Gasteiger partial charge >= 0.3 is 0 Å². The predicted octanol–water partition coefficient (Wildman–Crippen LogP) is 2.33. The van der Waals surface area contributed by atoms with Gasteiger partial charge in [-0.3, -0.25) is 4.79 Å². The van der Waals surface area contributed by atoms with E-state index < -0.39 is 0 Å². The summed E-state index contributed by atoms with van der Waals surface area (Å²) in [6.07, 6.45) is 1.33. The Labute approximate surface area is 200 Å². The average molecular weight is 541 g/mol. The molecule has 1 unspecified atom stereocenters. The quantitative estimate of drug-likeness (QED) is 0.195. The van der Waals surface area contributed by atoms with Gasteiger partial charge in [0.1, 0.15) is 12.4 Å². The van der Waals surface area contributed by atoms with E-state index in [1.807, 2.05) is 43.7 Å². The number of rotatable bonds is 9. The number of para-hydroxylation sites is 1. The second kappa shape index (κ2) is 12.6. The van der Waals surface area contributed by atoms with E-state index in [4.69, 9.17) is 4.74 Å². The summed E-state index contributed by atoms with van der Waals surface area (Å²) >= 11 is 0. The van der Waals surface area contributed by atoms with Gasteiger partial charge in [-0.1, -0.05) is 18.2 Å². The molecular formula is C21H32IN7O2. The highest BCUT2D eigenvalue weighted by Gasteiger charge is 2.24. The van der Waals surface area contributed by atoms with Gasteiger partial charge in [-0.15, -0.1) is 34.2 Å². The van der Waals surface area contributed by atoms with Gasteiger partial charge in [-0.25, -0.2) is 4.99 Å². The van der Waals surface area contributed by atoms with Gasteiger partial charge in [0.05, 0.1) is 0 Å². The van der Waals surface area contributed by atoms with Crippen LogP contribution in [0.15, 0.2) is 29.3 Å². The molecule has 1 aliphatic rings. The van der Waals surface area contributed by atoms with Crippen LogP contribution in [-0.2, 0) is 23.1 Å². The molecule has 0 saturated carbocycles. The minimum Gasteiger partial charge on any atom is -0.382 e. The number of carbonyl (C=O) groups excluding carboxylic acids is 1. The van der Waals surface area contributed by atoms with Crippen molar-refractivity contribution in [1.82, 2.24) is 25.4 Å². The largest absolute Gasteiger partial charge is 0.382 e. The molecule has 1 aliphatic heterocycles. The van der Waals surface area contributed by atoms with Crippen LogP contribution in [0.25, 0.3) is 0 Å². The van der Waals surface area contributed by atoms with Crippen LogP contribution in [0, 0.1) is 6.92 Å². The van der Waals surface area contributed by atoms with E-state index in [0.717, 1.165) is 35.9 Å². The maximum absolute atomic E-state index is 12.1. The average Bonchev–Trinajstić information content (AvgIpc) is 3.06. The first-order chi connectivity index (χ1) is 14.6. The minimum atomic E-state index is 0. The molecule has 0 bridgehead atoms. The molecule has 0 radical (unpaired) electrons. The number of aromatic nitrogens is 3. The number of nitrogens with one attached hydrogen (secondary N) is 3. The van der Waals surface area contributed by atoms with Crippen LogP contribution >= 0.6 is 24.0 Å². The highest BCUT2D eigenvalue weighted by Crippen LogP contribution is 2.31. The number of halogens is 1. The van der Waals surface area contributed by atoms with Gasteiger partial charge in [-0.05, 0) is 31.9 Å². The second-order valence-corrected chi connectivity index (χ2v) is 7.28. The van der Waals surface area contributed by atoms with E-state index >= 15 is 0 Å². The van der Waals surface area contributed by atoms with Crippen LogP contribution in [0.5, 0.6) is 0 Å². The minimum absolute atomic E-state index is 0. The summed E-state index contributed by atoms with van der Waals surface area (Å²) < 4.78 is 7.33. The normalized spacial score (nSPS) is 15.6. The van der Waals surface area contributed by atoms with Crippen molar-refractivity contribution in [2.45, 2.75) is 39.2 Å². The Morgan fingerprint density at radius 3 is 2.87 bits per heavy atom. The number of aryl methyl sites for hydroxylation is 1. The van der Waals surface area contributed by atoms with Crippen molar-refractivity contribution in [1.29, 1.82) is 0 Å². The molecule has 170 valence electrons. The topological polar surface area (TPSA) is 105 Å². The first-order valence-corrected chi connectivity index (χ1v) is 10.4. The van der Waals surface area contributed by atoms with E-state index in [1.165, 1.54) is 0 Å². The lowest BCUT2D eigenvalue weighted by molar-refractivity contribution is -0.116. The van der Waals surface area contributed by atoms with E-state index in [2.05, 4.69) is 37.2 Å². The number of benzene rings is 1. The summed E-state index contributed by atoms with van der Waals surface area (Å²) in [6, 6.07) is 7.94. The number of hydrogen-bond donors (Lipinski definition) is 3. The lowest BCUT2D eigenvalue weighted by Crippen LogP contribution is -2.41. The molecule has 0 aliphatic carbocycles. The van der Waals surface area contributed by atoms with Gasteiger partial charge in [0.2, 0.25) is 5.91 Å².